The lowest BCUT2D eigenvalue weighted by Crippen LogP contribution is -2.19. The van der Waals surface area contributed by atoms with E-state index in [1.54, 1.807) is 5.01 Å². The number of hydrogen-bond donors (Lipinski definition) is 0. The molecule has 0 aromatic rings. The van der Waals surface area contributed by atoms with Gasteiger partial charge in [0.15, 0.2) is 0 Å². The highest BCUT2D eigenvalue weighted by Gasteiger charge is 2.34. The molecule has 3 nitrogen and oxygen atoms in total. The molecule has 0 bridgehead atoms. The van der Waals surface area contributed by atoms with Crippen molar-refractivity contribution in [2.75, 3.05) is 6.54 Å². The summed E-state index contributed by atoms with van der Waals surface area (Å²) in [6, 6.07) is 0. The highest BCUT2D eigenvalue weighted by Crippen LogP contribution is 2.34. The van der Waals surface area contributed by atoms with Crippen LogP contribution in [0.4, 0.5) is 0 Å². The third-order valence-electron chi connectivity index (χ3n) is 2.22. The summed E-state index contributed by atoms with van der Waals surface area (Å²) in [7, 11) is 0. The van der Waals surface area contributed by atoms with Crippen molar-refractivity contribution in [1.82, 2.24) is 5.01 Å². The minimum Gasteiger partial charge on any atom is -0.273 e. The van der Waals surface area contributed by atoms with Gasteiger partial charge in [-0.15, -0.1) is 0 Å². The molecule has 2 aliphatic rings. The summed E-state index contributed by atoms with van der Waals surface area (Å²) < 4.78 is 0. The van der Waals surface area contributed by atoms with Gasteiger partial charge in [-0.1, -0.05) is 0 Å². The second-order valence-electron chi connectivity index (χ2n) is 3.15. The molecule has 11 heavy (non-hydrogen) atoms. The van der Waals surface area contributed by atoms with E-state index < -0.39 is 0 Å². The van der Waals surface area contributed by atoms with E-state index in [1.165, 1.54) is 12.8 Å². The molecule has 0 spiro atoms. The average molecular weight is 152 g/mol. The number of amides is 1. The Kier molecular flexibility index (Phi) is 1.44. The number of carbonyl (C=O) groups is 1. The molecule has 1 saturated carbocycles. The summed E-state index contributed by atoms with van der Waals surface area (Å²) in [5.74, 6) is 0.824. The van der Waals surface area contributed by atoms with E-state index in [2.05, 4.69) is 5.10 Å². The molecule has 60 valence electrons. The van der Waals surface area contributed by atoms with E-state index in [0.717, 1.165) is 12.3 Å². The molecule has 0 aromatic carbocycles. The number of hydrogen-bond acceptors (Lipinski definition) is 2. The van der Waals surface area contributed by atoms with Crippen LogP contribution in [0.3, 0.4) is 0 Å². The predicted molar refractivity (Wildman–Crippen MR) is 42.2 cm³/mol. The third-order valence-corrected chi connectivity index (χ3v) is 2.22. The number of nitrogens with zero attached hydrogens (tertiary/aromatic N) is 2. The first-order chi connectivity index (χ1) is 5.31. The lowest BCUT2D eigenvalue weighted by Gasteiger charge is -2.05. The Morgan fingerprint density at radius 2 is 2.36 bits per heavy atom. The van der Waals surface area contributed by atoms with Gasteiger partial charge in [-0.25, -0.2) is 5.01 Å². The van der Waals surface area contributed by atoms with Gasteiger partial charge in [0.05, 0.1) is 12.1 Å². The maximum Gasteiger partial charge on any atom is 0.248 e. The molecular weight excluding hydrogens is 140 g/mol. The SMILES string of the molecule is CCN1N=C(C2CC2)CC1=O. The Balaban J connectivity index is 2.07. The molecule has 0 N–H and O–H groups in total. The third kappa shape index (κ3) is 1.15. The Labute approximate surface area is 66.1 Å². The number of carbonyl (C=O) groups excluding carboxylic acids is 1. The van der Waals surface area contributed by atoms with Crippen LogP contribution in [0.15, 0.2) is 5.10 Å². The summed E-state index contributed by atoms with van der Waals surface area (Å²) in [4.78, 5) is 11.2. The molecule has 2 rings (SSSR count). The summed E-state index contributed by atoms with van der Waals surface area (Å²) in [5.41, 5.74) is 1.12. The quantitative estimate of drug-likeness (QED) is 0.581. The number of hydrazone groups is 1. The highest BCUT2D eigenvalue weighted by molar-refractivity contribution is 6.06. The molecule has 1 heterocycles. The average Bonchev–Trinajstić information content (AvgIpc) is 2.76. The van der Waals surface area contributed by atoms with Crippen molar-refractivity contribution in [3.8, 4) is 0 Å². The topological polar surface area (TPSA) is 32.7 Å². The van der Waals surface area contributed by atoms with E-state index in [9.17, 15) is 4.79 Å². The van der Waals surface area contributed by atoms with Gasteiger partial charge in [0.2, 0.25) is 5.91 Å². The molecule has 0 unspecified atom stereocenters. The van der Waals surface area contributed by atoms with Gasteiger partial charge in [-0.3, -0.25) is 4.79 Å². The molecule has 0 aromatic heterocycles. The molecule has 0 radical (unpaired) electrons. The minimum absolute atomic E-state index is 0.175. The van der Waals surface area contributed by atoms with Gasteiger partial charge in [-0.05, 0) is 25.7 Å². The van der Waals surface area contributed by atoms with E-state index in [-0.39, 0.29) is 5.91 Å². The molecule has 0 atom stereocenters. The largest absolute Gasteiger partial charge is 0.273 e. The van der Waals surface area contributed by atoms with Crippen molar-refractivity contribution in [3.05, 3.63) is 0 Å². The van der Waals surface area contributed by atoms with Crippen LogP contribution in [0.25, 0.3) is 0 Å². The predicted octanol–water partition coefficient (Wildman–Crippen LogP) is 1.00. The molecule has 3 heteroatoms. The number of rotatable bonds is 2. The Morgan fingerprint density at radius 1 is 1.64 bits per heavy atom. The van der Waals surface area contributed by atoms with Crippen LogP contribution in [0.2, 0.25) is 0 Å². The minimum atomic E-state index is 0.175. The van der Waals surface area contributed by atoms with Crippen LogP contribution in [-0.2, 0) is 4.79 Å². The van der Waals surface area contributed by atoms with E-state index in [4.69, 9.17) is 0 Å². The van der Waals surface area contributed by atoms with Gasteiger partial charge in [-0.2, -0.15) is 5.10 Å². The fourth-order valence-electron chi connectivity index (χ4n) is 1.38. The zero-order chi connectivity index (χ0) is 7.84. The van der Waals surface area contributed by atoms with Crippen molar-refractivity contribution < 1.29 is 4.79 Å². The lowest BCUT2D eigenvalue weighted by molar-refractivity contribution is -0.128. The van der Waals surface area contributed by atoms with Crippen LogP contribution in [0.1, 0.15) is 26.2 Å². The van der Waals surface area contributed by atoms with Crippen molar-refractivity contribution in [3.63, 3.8) is 0 Å². The smallest absolute Gasteiger partial charge is 0.248 e. The van der Waals surface area contributed by atoms with Crippen molar-refractivity contribution in [1.29, 1.82) is 0 Å². The first-order valence-corrected chi connectivity index (χ1v) is 4.19. The summed E-state index contributed by atoms with van der Waals surface area (Å²) in [6.07, 6.45) is 3.06. The summed E-state index contributed by atoms with van der Waals surface area (Å²) in [5, 5.41) is 5.83. The van der Waals surface area contributed by atoms with Gasteiger partial charge >= 0.3 is 0 Å². The molecule has 0 saturated heterocycles. The monoisotopic (exact) mass is 152 g/mol. The first-order valence-electron chi connectivity index (χ1n) is 4.19. The molecule has 1 aliphatic carbocycles. The molecule has 1 amide bonds. The summed E-state index contributed by atoms with van der Waals surface area (Å²) >= 11 is 0. The zero-order valence-corrected chi connectivity index (χ0v) is 6.71. The Hall–Kier alpha value is -0.860. The fraction of sp³-hybridized carbons (Fsp3) is 0.750. The molecular formula is C8H12N2O. The van der Waals surface area contributed by atoms with Crippen molar-refractivity contribution in [2.24, 2.45) is 11.0 Å². The summed E-state index contributed by atoms with van der Waals surface area (Å²) in [6.45, 7) is 2.67. The highest BCUT2D eigenvalue weighted by atomic mass is 16.2. The first kappa shape index (κ1) is 6.83. The lowest BCUT2D eigenvalue weighted by atomic mass is 10.2. The van der Waals surface area contributed by atoms with Crippen LogP contribution < -0.4 is 0 Å². The van der Waals surface area contributed by atoms with Crippen LogP contribution in [0.5, 0.6) is 0 Å². The van der Waals surface area contributed by atoms with Gasteiger partial charge in [0.1, 0.15) is 0 Å². The van der Waals surface area contributed by atoms with E-state index >= 15 is 0 Å². The molecule has 1 fully saturated rings. The maximum atomic E-state index is 11.2. The van der Waals surface area contributed by atoms with Crippen LogP contribution in [-0.4, -0.2) is 23.2 Å². The van der Waals surface area contributed by atoms with Crippen LogP contribution >= 0.6 is 0 Å². The van der Waals surface area contributed by atoms with Gasteiger partial charge in [0.25, 0.3) is 0 Å². The standard InChI is InChI=1S/C8H12N2O/c1-2-10-8(11)5-7(9-10)6-3-4-6/h6H,2-5H2,1H3. The molecule has 1 aliphatic heterocycles. The Morgan fingerprint density at radius 3 is 2.82 bits per heavy atom. The van der Waals surface area contributed by atoms with Crippen molar-refractivity contribution in [2.45, 2.75) is 26.2 Å². The van der Waals surface area contributed by atoms with E-state index in [1.807, 2.05) is 6.92 Å². The second-order valence-corrected chi connectivity index (χ2v) is 3.15. The van der Waals surface area contributed by atoms with Gasteiger partial charge in [0, 0.05) is 6.54 Å². The Bertz CT molecular complexity index is 218. The normalized spacial score (nSPS) is 24.3. The fourth-order valence-corrected chi connectivity index (χ4v) is 1.38. The van der Waals surface area contributed by atoms with E-state index in [0.29, 0.717) is 12.3 Å². The van der Waals surface area contributed by atoms with Crippen LogP contribution in [0, 0.1) is 5.92 Å². The van der Waals surface area contributed by atoms with Gasteiger partial charge < -0.3 is 0 Å². The maximum absolute atomic E-state index is 11.2. The zero-order valence-electron chi connectivity index (χ0n) is 6.71. The van der Waals surface area contributed by atoms with Crippen molar-refractivity contribution >= 4 is 11.6 Å². The second kappa shape index (κ2) is 2.32.